The minimum Gasteiger partial charge on any atom is -0.374 e. The Kier molecular flexibility index (Phi) is 5.03. The van der Waals surface area contributed by atoms with E-state index in [0.717, 1.165) is 30.0 Å². The fraction of sp³-hybridized carbons (Fsp3) is 0.375. The van der Waals surface area contributed by atoms with Gasteiger partial charge in [0, 0.05) is 5.70 Å². The van der Waals surface area contributed by atoms with Gasteiger partial charge >= 0.3 is 6.18 Å². The SMILES string of the molecule is C=C(NC(C)C(F)(F)F)c1ccc(CC)c(C(=C)C)c1. The van der Waals surface area contributed by atoms with Crippen molar-refractivity contribution in [3.63, 3.8) is 0 Å². The van der Waals surface area contributed by atoms with Crippen molar-refractivity contribution >= 4 is 11.3 Å². The van der Waals surface area contributed by atoms with Crippen LogP contribution in [0.2, 0.25) is 0 Å². The summed E-state index contributed by atoms with van der Waals surface area (Å²) in [5, 5.41) is 2.39. The lowest BCUT2D eigenvalue weighted by molar-refractivity contribution is -0.148. The lowest BCUT2D eigenvalue weighted by Crippen LogP contribution is -2.38. The Bertz CT molecular complexity index is 515. The van der Waals surface area contributed by atoms with E-state index in [4.69, 9.17) is 0 Å². The van der Waals surface area contributed by atoms with Crippen LogP contribution in [0.5, 0.6) is 0 Å². The summed E-state index contributed by atoms with van der Waals surface area (Å²) in [6.45, 7) is 12.6. The summed E-state index contributed by atoms with van der Waals surface area (Å²) in [4.78, 5) is 0. The predicted molar refractivity (Wildman–Crippen MR) is 78.2 cm³/mol. The molecule has 1 rings (SSSR count). The maximum Gasteiger partial charge on any atom is 0.408 e. The lowest BCUT2D eigenvalue weighted by Gasteiger charge is -2.20. The Labute approximate surface area is 118 Å². The fourth-order valence-electron chi connectivity index (χ4n) is 1.90. The van der Waals surface area contributed by atoms with Crippen LogP contribution in [0.15, 0.2) is 31.4 Å². The van der Waals surface area contributed by atoms with Gasteiger partial charge in [-0.1, -0.05) is 37.8 Å². The molecule has 4 heteroatoms. The largest absolute Gasteiger partial charge is 0.408 e. The average Bonchev–Trinajstić information content (AvgIpc) is 2.36. The molecule has 1 aromatic carbocycles. The lowest BCUT2D eigenvalue weighted by atomic mass is 9.96. The summed E-state index contributed by atoms with van der Waals surface area (Å²) < 4.78 is 37.6. The van der Waals surface area contributed by atoms with Gasteiger partial charge in [-0.05, 0) is 43.0 Å². The molecule has 1 unspecified atom stereocenters. The van der Waals surface area contributed by atoms with Gasteiger partial charge in [0.25, 0.3) is 0 Å². The third-order valence-corrected chi connectivity index (χ3v) is 3.18. The van der Waals surface area contributed by atoms with Crippen LogP contribution in [0, 0.1) is 0 Å². The summed E-state index contributed by atoms with van der Waals surface area (Å²) in [6.07, 6.45) is -3.44. The van der Waals surface area contributed by atoms with Crippen LogP contribution >= 0.6 is 0 Å². The van der Waals surface area contributed by atoms with Crippen LogP contribution < -0.4 is 5.32 Å². The van der Waals surface area contributed by atoms with Crippen molar-refractivity contribution in [1.29, 1.82) is 0 Å². The molecule has 20 heavy (non-hydrogen) atoms. The van der Waals surface area contributed by atoms with Gasteiger partial charge in [0.05, 0.1) is 0 Å². The van der Waals surface area contributed by atoms with Crippen molar-refractivity contribution < 1.29 is 13.2 Å². The van der Waals surface area contributed by atoms with Crippen LogP contribution in [-0.4, -0.2) is 12.2 Å². The van der Waals surface area contributed by atoms with Crippen molar-refractivity contribution in [2.24, 2.45) is 0 Å². The smallest absolute Gasteiger partial charge is 0.374 e. The highest BCUT2D eigenvalue weighted by Crippen LogP contribution is 2.25. The van der Waals surface area contributed by atoms with Crippen molar-refractivity contribution in [1.82, 2.24) is 5.32 Å². The van der Waals surface area contributed by atoms with E-state index in [-0.39, 0.29) is 5.70 Å². The van der Waals surface area contributed by atoms with Gasteiger partial charge in [0.15, 0.2) is 0 Å². The first-order valence-corrected chi connectivity index (χ1v) is 6.48. The van der Waals surface area contributed by atoms with E-state index in [1.807, 2.05) is 26.0 Å². The molecule has 0 fully saturated rings. The Hall–Kier alpha value is -1.71. The minimum atomic E-state index is -4.29. The molecule has 0 heterocycles. The summed E-state index contributed by atoms with van der Waals surface area (Å²) >= 11 is 0. The van der Waals surface area contributed by atoms with Crippen molar-refractivity contribution in [3.05, 3.63) is 48.0 Å². The maximum atomic E-state index is 12.5. The molecule has 0 saturated carbocycles. The maximum absolute atomic E-state index is 12.5. The second-order valence-electron chi connectivity index (χ2n) is 4.89. The van der Waals surface area contributed by atoms with E-state index in [1.54, 1.807) is 6.07 Å². The van der Waals surface area contributed by atoms with Gasteiger partial charge in [-0.15, -0.1) is 0 Å². The Morgan fingerprint density at radius 3 is 2.35 bits per heavy atom. The van der Waals surface area contributed by atoms with E-state index in [2.05, 4.69) is 18.5 Å². The van der Waals surface area contributed by atoms with E-state index in [9.17, 15) is 13.2 Å². The van der Waals surface area contributed by atoms with Gasteiger partial charge in [-0.3, -0.25) is 0 Å². The van der Waals surface area contributed by atoms with Crippen molar-refractivity contribution in [3.8, 4) is 0 Å². The number of aryl methyl sites for hydroxylation is 1. The van der Waals surface area contributed by atoms with Crippen LogP contribution in [0.1, 0.15) is 37.5 Å². The molecular formula is C16H20F3N. The Balaban J connectivity index is 3.00. The third-order valence-electron chi connectivity index (χ3n) is 3.18. The molecule has 0 aliphatic carbocycles. The minimum absolute atomic E-state index is 0.264. The number of halogens is 3. The summed E-state index contributed by atoms with van der Waals surface area (Å²) in [6, 6.07) is 3.89. The molecule has 110 valence electrons. The molecule has 0 saturated heterocycles. The van der Waals surface area contributed by atoms with E-state index in [1.165, 1.54) is 0 Å². The zero-order valence-corrected chi connectivity index (χ0v) is 12.1. The molecule has 0 spiro atoms. The Morgan fingerprint density at radius 1 is 1.30 bits per heavy atom. The quantitative estimate of drug-likeness (QED) is 0.819. The number of hydrogen-bond acceptors (Lipinski definition) is 1. The fourth-order valence-corrected chi connectivity index (χ4v) is 1.90. The zero-order chi connectivity index (χ0) is 15.5. The number of nitrogens with one attached hydrogen (secondary N) is 1. The number of hydrogen-bond donors (Lipinski definition) is 1. The molecule has 0 aliphatic heterocycles. The molecule has 0 aliphatic rings. The highest BCUT2D eigenvalue weighted by Gasteiger charge is 2.36. The molecule has 0 bridgehead atoms. The second-order valence-corrected chi connectivity index (χ2v) is 4.89. The number of benzene rings is 1. The zero-order valence-electron chi connectivity index (χ0n) is 12.1. The standard InChI is InChI=1S/C16H20F3N/c1-6-13-7-8-14(9-15(13)10(2)3)11(4)20-12(5)16(17,18)19/h7-9,12,20H,2,4,6H2,1,3,5H3. The molecule has 0 amide bonds. The van der Waals surface area contributed by atoms with E-state index in [0.29, 0.717) is 5.56 Å². The molecule has 0 aromatic heterocycles. The molecule has 1 aromatic rings. The van der Waals surface area contributed by atoms with Crippen LogP contribution in [0.4, 0.5) is 13.2 Å². The summed E-state index contributed by atoms with van der Waals surface area (Å²) in [5.74, 6) is 0. The number of alkyl halides is 3. The highest BCUT2D eigenvalue weighted by molar-refractivity contribution is 5.71. The highest BCUT2D eigenvalue weighted by atomic mass is 19.4. The van der Waals surface area contributed by atoms with Crippen LogP contribution in [0.25, 0.3) is 11.3 Å². The summed E-state index contributed by atoms with van der Waals surface area (Å²) in [5.41, 5.74) is 3.89. The van der Waals surface area contributed by atoms with Crippen LogP contribution in [-0.2, 0) is 6.42 Å². The monoisotopic (exact) mass is 283 g/mol. The van der Waals surface area contributed by atoms with Gasteiger partial charge in [-0.2, -0.15) is 13.2 Å². The van der Waals surface area contributed by atoms with E-state index >= 15 is 0 Å². The van der Waals surface area contributed by atoms with Crippen LogP contribution in [0.3, 0.4) is 0 Å². The molecule has 0 radical (unpaired) electrons. The first-order valence-electron chi connectivity index (χ1n) is 6.48. The van der Waals surface area contributed by atoms with Gasteiger partial charge in [0.2, 0.25) is 0 Å². The second kappa shape index (κ2) is 6.16. The molecular weight excluding hydrogens is 263 g/mol. The van der Waals surface area contributed by atoms with Gasteiger partial charge in [0.1, 0.15) is 6.04 Å². The predicted octanol–water partition coefficient (Wildman–Crippen LogP) is 4.79. The topological polar surface area (TPSA) is 12.0 Å². The normalized spacial score (nSPS) is 12.9. The molecule has 1 nitrogen and oxygen atoms in total. The molecule has 1 atom stereocenters. The van der Waals surface area contributed by atoms with E-state index < -0.39 is 12.2 Å². The van der Waals surface area contributed by atoms with Crippen molar-refractivity contribution in [2.45, 2.75) is 39.4 Å². The number of rotatable bonds is 5. The van der Waals surface area contributed by atoms with Gasteiger partial charge in [-0.25, -0.2) is 0 Å². The van der Waals surface area contributed by atoms with Crippen molar-refractivity contribution in [2.75, 3.05) is 0 Å². The first-order chi connectivity index (χ1) is 9.16. The Morgan fingerprint density at radius 2 is 1.90 bits per heavy atom. The first kappa shape index (κ1) is 16.3. The third kappa shape index (κ3) is 3.89. The molecule has 1 N–H and O–H groups in total. The summed E-state index contributed by atoms with van der Waals surface area (Å²) in [7, 11) is 0. The average molecular weight is 283 g/mol. The number of allylic oxidation sites excluding steroid dienone is 1. The van der Waals surface area contributed by atoms with Gasteiger partial charge < -0.3 is 5.32 Å².